The van der Waals surface area contributed by atoms with Crippen LogP contribution in [0.15, 0.2) is 30.5 Å². The average molecular weight is 335 g/mol. The van der Waals surface area contributed by atoms with Crippen molar-refractivity contribution in [3.8, 4) is 5.75 Å². The highest BCUT2D eigenvalue weighted by Gasteiger charge is 2.17. The van der Waals surface area contributed by atoms with Gasteiger partial charge in [-0.15, -0.1) is 0 Å². The van der Waals surface area contributed by atoms with Gasteiger partial charge in [0.05, 0.1) is 18.4 Å². The quantitative estimate of drug-likeness (QED) is 0.642. The summed E-state index contributed by atoms with van der Waals surface area (Å²) in [4.78, 5) is 27.9. The molecule has 23 heavy (non-hydrogen) atoms. The number of ether oxygens (including phenoxy) is 2. The van der Waals surface area contributed by atoms with Crippen LogP contribution in [0.1, 0.15) is 24.2 Å². The molecule has 0 atom stereocenters. The molecular formula is C15H17N3O4S. The van der Waals surface area contributed by atoms with E-state index >= 15 is 0 Å². The lowest BCUT2D eigenvalue weighted by molar-refractivity contribution is 0.0877. The lowest BCUT2D eigenvalue weighted by Crippen LogP contribution is -2.18. The minimum atomic E-state index is -0.850. The van der Waals surface area contributed by atoms with Gasteiger partial charge in [0.1, 0.15) is 10.8 Å². The van der Waals surface area contributed by atoms with E-state index < -0.39 is 12.1 Å². The zero-order valence-electron chi connectivity index (χ0n) is 12.7. The van der Waals surface area contributed by atoms with Crippen LogP contribution in [-0.2, 0) is 4.74 Å². The molecule has 2 rings (SSSR count). The Bertz CT molecular complexity index is 700. The van der Waals surface area contributed by atoms with Gasteiger partial charge in [0.2, 0.25) is 0 Å². The van der Waals surface area contributed by atoms with E-state index in [0.29, 0.717) is 10.1 Å². The lowest BCUT2D eigenvalue weighted by Gasteiger charge is -2.10. The summed E-state index contributed by atoms with van der Waals surface area (Å²) in [5, 5.41) is 3.45. The summed E-state index contributed by atoms with van der Waals surface area (Å²) in [6, 6.07) is 6.37. The van der Waals surface area contributed by atoms with E-state index in [-0.39, 0.29) is 23.8 Å². The number of amides is 1. The van der Waals surface area contributed by atoms with E-state index in [0.717, 1.165) is 11.3 Å². The van der Waals surface area contributed by atoms with Crippen molar-refractivity contribution in [3.05, 3.63) is 36.0 Å². The number of carbonyl (C=O) groups excluding carboxylic acids is 2. The second-order valence-corrected chi connectivity index (χ2v) is 6.14. The standard InChI is InChI=1S/C15H17N3O4S/c1-9(2)8-21-15(20)22-11-6-4-3-5-10(11)13(19)18-14-17-7-12(16)23-14/h3-7,9H,8,16H2,1-2H3,(H,17,18,19). The number of anilines is 2. The van der Waals surface area contributed by atoms with Crippen LogP contribution in [0, 0.1) is 5.92 Å². The number of carbonyl (C=O) groups is 2. The molecule has 8 heteroatoms. The van der Waals surface area contributed by atoms with Gasteiger partial charge in [-0.25, -0.2) is 9.78 Å². The molecule has 0 saturated carbocycles. The highest BCUT2D eigenvalue weighted by Crippen LogP contribution is 2.23. The third-order valence-electron chi connectivity index (χ3n) is 2.60. The molecule has 3 N–H and O–H groups in total. The molecule has 0 aliphatic carbocycles. The first-order chi connectivity index (χ1) is 11.0. The largest absolute Gasteiger partial charge is 0.513 e. The van der Waals surface area contributed by atoms with Gasteiger partial charge in [0, 0.05) is 0 Å². The molecule has 0 aliphatic rings. The SMILES string of the molecule is CC(C)COC(=O)Oc1ccccc1C(=O)Nc1ncc(N)s1. The summed E-state index contributed by atoms with van der Waals surface area (Å²) in [6.45, 7) is 4.06. The molecule has 122 valence electrons. The summed E-state index contributed by atoms with van der Waals surface area (Å²) in [5.74, 6) is -0.147. The molecule has 2 aromatic rings. The van der Waals surface area contributed by atoms with E-state index in [1.807, 2.05) is 13.8 Å². The Morgan fingerprint density at radius 1 is 1.35 bits per heavy atom. The Morgan fingerprint density at radius 2 is 2.09 bits per heavy atom. The average Bonchev–Trinajstić information content (AvgIpc) is 2.90. The van der Waals surface area contributed by atoms with Crippen molar-refractivity contribution in [1.29, 1.82) is 0 Å². The third kappa shape index (κ3) is 4.96. The molecule has 7 nitrogen and oxygen atoms in total. The Morgan fingerprint density at radius 3 is 2.74 bits per heavy atom. The van der Waals surface area contributed by atoms with E-state index in [9.17, 15) is 9.59 Å². The normalized spacial score (nSPS) is 10.4. The summed E-state index contributed by atoms with van der Waals surface area (Å²) < 4.78 is 10.0. The molecular weight excluding hydrogens is 318 g/mol. The predicted molar refractivity (Wildman–Crippen MR) is 87.7 cm³/mol. The number of nitrogens with zero attached hydrogens (tertiary/aromatic N) is 1. The summed E-state index contributed by atoms with van der Waals surface area (Å²) in [5.41, 5.74) is 5.76. The number of benzene rings is 1. The zero-order valence-corrected chi connectivity index (χ0v) is 13.6. The van der Waals surface area contributed by atoms with E-state index in [1.54, 1.807) is 12.1 Å². The number of rotatable bonds is 5. The number of thiazole rings is 1. The summed E-state index contributed by atoms with van der Waals surface area (Å²) in [7, 11) is 0. The minimum absolute atomic E-state index is 0.114. The van der Waals surface area contributed by atoms with Gasteiger partial charge in [-0.1, -0.05) is 37.3 Å². The Hall–Kier alpha value is -2.61. The van der Waals surface area contributed by atoms with E-state index in [2.05, 4.69) is 10.3 Å². The smallest absolute Gasteiger partial charge is 0.434 e. The van der Waals surface area contributed by atoms with Gasteiger partial charge in [0.25, 0.3) is 5.91 Å². The fourth-order valence-electron chi connectivity index (χ4n) is 1.61. The van der Waals surface area contributed by atoms with Crippen LogP contribution >= 0.6 is 11.3 Å². The van der Waals surface area contributed by atoms with Gasteiger partial charge >= 0.3 is 6.16 Å². The first-order valence-corrected chi connectivity index (χ1v) is 7.73. The lowest BCUT2D eigenvalue weighted by atomic mass is 10.2. The van der Waals surface area contributed by atoms with Crippen molar-refractivity contribution in [1.82, 2.24) is 4.98 Å². The highest BCUT2D eigenvalue weighted by molar-refractivity contribution is 7.19. The maximum absolute atomic E-state index is 12.3. The fourth-order valence-corrected chi connectivity index (χ4v) is 2.18. The molecule has 0 fully saturated rings. The molecule has 1 aromatic heterocycles. The molecule has 0 saturated heterocycles. The van der Waals surface area contributed by atoms with Crippen LogP contribution in [0.3, 0.4) is 0 Å². The van der Waals surface area contributed by atoms with Crippen LogP contribution in [0.2, 0.25) is 0 Å². The second kappa shape index (κ2) is 7.59. The van der Waals surface area contributed by atoms with Crippen molar-refractivity contribution >= 4 is 33.5 Å². The molecule has 1 amide bonds. The van der Waals surface area contributed by atoms with Gasteiger partial charge in [-0.2, -0.15) is 0 Å². The van der Waals surface area contributed by atoms with Crippen molar-refractivity contribution in [2.24, 2.45) is 5.92 Å². The topological polar surface area (TPSA) is 104 Å². The molecule has 1 heterocycles. The van der Waals surface area contributed by atoms with Gasteiger partial charge in [-0.05, 0) is 18.1 Å². The van der Waals surface area contributed by atoms with Crippen LogP contribution in [0.25, 0.3) is 0 Å². The van der Waals surface area contributed by atoms with Crippen LogP contribution in [0.4, 0.5) is 14.9 Å². The Labute approximate surface area is 137 Å². The zero-order chi connectivity index (χ0) is 16.8. The maximum atomic E-state index is 12.3. The van der Waals surface area contributed by atoms with Gasteiger partial charge < -0.3 is 15.2 Å². The van der Waals surface area contributed by atoms with Crippen LogP contribution < -0.4 is 15.8 Å². The number of para-hydroxylation sites is 1. The molecule has 0 aliphatic heterocycles. The first-order valence-electron chi connectivity index (χ1n) is 6.92. The Balaban J connectivity index is 2.07. The van der Waals surface area contributed by atoms with Crippen molar-refractivity contribution in [3.63, 3.8) is 0 Å². The summed E-state index contributed by atoms with van der Waals surface area (Å²) >= 11 is 1.14. The van der Waals surface area contributed by atoms with Crippen molar-refractivity contribution < 1.29 is 19.1 Å². The van der Waals surface area contributed by atoms with Crippen LogP contribution in [0.5, 0.6) is 5.75 Å². The molecule has 0 unspecified atom stereocenters. The van der Waals surface area contributed by atoms with E-state index in [4.69, 9.17) is 15.2 Å². The summed E-state index contributed by atoms with van der Waals surface area (Å²) in [6.07, 6.45) is 0.601. The van der Waals surface area contributed by atoms with Crippen LogP contribution in [-0.4, -0.2) is 23.7 Å². The molecule has 0 radical (unpaired) electrons. The fraction of sp³-hybridized carbons (Fsp3) is 0.267. The number of nitrogens with two attached hydrogens (primary N) is 1. The molecule has 0 bridgehead atoms. The number of nitrogens with one attached hydrogen (secondary N) is 1. The number of aromatic nitrogens is 1. The predicted octanol–water partition coefficient (Wildman–Crippen LogP) is 3.15. The van der Waals surface area contributed by atoms with E-state index in [1.165, 1.54) is 18.3 Å². The monoisotopic (exact) mass is 335 g/mol. The Kier molecular flexibility index (Phi) is 5.53. The van der Waals surface area contributed by atoms with Gasteiger partial charge in [0.15, 0.2) is 5.13 Å². The van der Waals surface area contributed by atoms with Crippen molar-refractivity contribution in [2.75, 3.05) is 17.7 Å². The first kappa shape index (κ1) is 16.8. The number of hydrogen-bond donors (Lipinski definition) is 2. The molecule has 1 aromatic carbocycles. The molecule has 0 spiro atoms. The number of nitrogen functional groups attached to an aromatic ring is 1. The minimum Gasteiger partial charge on any atom is -0.434 e. The van der Waals surface area contributed by atoms with Crippen molar-refractivity contribution in [2.45, 2.75) is 13.8 Å². The highest BCUT2D eigenvalue weighted by atomic mass is 32.1. The van der Waals surface area contributed by atoms with Gasteiger partial charge in [-0.3, -0.25) is 10.1 Å². The third-order valence-corrected chi connectivity index (χ3v) is 3.35. The second-order valence-electron chi connectivity index (χ2n) is 5.07. The number of hydrogen-bond acceptors (Lipinski definition) is 7. The maximum Gasteiger partial charge on any atom is 0.513 e.